The maximum atomic E-state index is 14.3. The van der Waals surface area contributed by atoms with Gasteiger partial charge in [-0.25, -0.2) is 4.39 Å². The van der Waals surface area contributed by atoms with Gasteiger partial charge in [-0.2, -0.15) is 0 Å². The molecule has 0 atom stereocenters. The normalized spacial score (nSPS) is 10.6. The zero-order valence-corrected chi connectivity index (χ0v) is 11.3. The standard InChI is InChI=1S/C18H14FNO/c19-18-11-14(15-8-9-20-16(10-15)12-21)6-7-17(18)13-4-2-1-3-5-13/h1-11,21H,12H2. The van der Waals surface area contributed by atoms with E-state index in [0.717, 1.165) is 16.7 Å². The van der Waals surface area contributed by atoms with Gasteiger partial charge in [0.15, 0.2) is 0 Å². The Bertz CT molecular complexity index is 756. The van der Waals surface area contributed by atoms with Gasteiger partial charge >= 0.3 is 0 Å². The van der Waals surface area contributed by atoms with Crippen LogP contribution >= 0.6 is 0 Å². The Morgan fingerprint density at radius 3 is 2.33 bits per heavy atom. The molecule has 0 radical (unpaired) electrons. The van der Waals surface area contributed by atoms with Crippen LogP contribution in [0.5, 0.6) is 0 Å². The van der Waals surface area contributed by atoms with E-state index in [1.54, 1.807) is 24.4 Å². The molecular formula is C18H14FNO. The van der Waals surface area contributed by atoms with E-state index in [-0.39, 0.29) is 12.4 Å². The molecule has 104 valence electrons. The van der Waals surface area contributed by atoms with Gasteiger partial charge in [-0.3, -0.25) is 4.98 Å². The molecule has 3 heteroatoms. The number of aliphatic hydroxyl groups excluding tert-OH is 1. The lowest BCUT2D eigenvalue weighted by molar-refractivity contribution is 0.277. The summed E-state index contributed by atoms with van der Waals surface area (Å²) in [5, 5.41) is 9.12. The Hall–Kier alpha value is -2.52. The number of aliphatic hydroxyl groups is 1. The van der Waals surface area contributed by atoms with Crippen LogP contribution in [0.1, 0.15) is 5.69 Å². The van der Waals surface area contributed by atoms with Gasteiger partial charge in [0.25, 0.3) is 0 Å². The van der Waals surface area contributed by atoms with Gasteiger partial charge in [-0.1, -0.05) is 42.5 Å². The number of hydrogen-bond acceptors (Lipinski definition) is 2. The van der Waals surface area contributed by atoms with E-state index >= 15 is 0 Å². The Morgan fingerprint density at radius 2 is 1.62 bits per heavy atom. The highest BCUT2D eigenvalue weighted by molar-refractivity contribution is 5.71. The van der Waals surface area contributed by atoms with Crippen molar-refractivity contribution in [2.24, 2.45) is 0 Å². The van der Waals surface area contributed by atoms with Crippen molar-refractivity contribution in [2.75, 3.05) is 0 Å². The minimum absolute atomic E-state index is 0.127. The number of aromatic nitrogens is 1. The first kappa shape index (κ1) is 13.5. The quantitative estimate of drug-likeness (QED) is 0.784. The summed E-state index contributed by atoms with van der Waals surface area (Å²) < 4.78 is 14.3. The fraction of sp³-hybridized carbons (Fsp3) is 0.0556. The second-order valence-corrected chi connectivity index (χ2v) is 4.75. The predicted molar refractivity (Wildman–Crippen MR) is 81.0 cm³/mol. The maximum Gasteiger partial charge on any atom is 0.131 e. The lowest BCUT2D eigenvalue weighted by atomic mass is 10.00. The van der Waals surface area contributed by atoms with Crippen LogP contribution in [0.25, 0.3) is 22.3 Å². The fourth-order valence-electron chi connectivity index (χ4n) is 2.29. The highest BCUT2D eigenvalue weighted by Gasteiger charge is 2.07. The summed E-state index contributed by atoms with van der Waals surface area (Å²) in [5.41, 5.74) is 3.61. The molecule has 0 aliphatic carbocycles. The lowest BCUT2D eigenvalue weighted by Gasteiger charge is -2.07. The van der Waals surface area contributed by atoms with Crippen molar-refractivity contribution in [1.82, 2.24) is 4.98 Å². The molecule has 1 heterocycles. The van der Waals surface area contributed by atoms with E-state index in [2.05, 4.69) is 4.98 Å². The topological polar surface area (TPSA) is 33.1 Å². The molecule has 2 nitrogen and oxygen atoms in total. The Morgan fingerprint density at radius 1 is 0.857 bits per heavy atom. The van der Waals surface area contributed by atoms with Gasteiger partial charge in [0, 0.05) is 11.8 Å². The smallest absolute Gasteiger partial charge is 0.131 e. The van der Waals surface area contributed by atoms with Crippen molar-refractivity contribution in [3.8, 4) is 22.3 Å². The largest absolute Gasteiger partial charge is 0.390 e. The summed E-state index contributed by atoms with van der Waals surface area (Å²) >= 11 is 0. The SMILES string of the molecule is OCc1cc(-c2ccc(-c3ccccc3)c(F)c2)ccn1. The van der Waals surface area contributed by atoms with Crippen LogP contribution in [-0.4, -0.2) is 10.1 Å². The van der Waals surface area contributed by atoms with Crippen LogP contribution in [0.2, 0.25) is 0 Å². The van der Waals surface area contributed by atoms with E-state index in [4.69, 9.17) is 5.11 Å². The van der Waals surface area contributed by atoms with E-state index in [1.165, 1.54) is 6.07 Å². The molecule has 0 unspecified atom stereocenters. The molecule has 0 fully saturated rings. The Kier molecular flexibility index (Phi) is 3.75. The first-order valence-electron chi connectivity index (χ1n) is 6.69. The minimum Gasteiger partial charge on any atom is -0.390 e. The molecule has 0 saturated heterocycles. The number of nitrogens with zero attached hydrogens (tertiary/aromatic N) is 1. The molecular weight excluding hydrogens is 265 g/mol. The van der Waals surface area contributed by atoms with Gasteiger partial charge in [0.1, 0.15) is 5.82 Å². The Balaban J connectivity index is 2.01. The second-order valence-electron chi connectivity index (χ2n) is 4.75. The van der Waals surface area contributed by atoms with Crippen LogP contribution in [0.4, 0.5) is 4.39 Å². The molecule has 21 heavy (non-hydrogen) atoms. The number of hydrogen-bond donors (Lipinski definition) is 1. The van der Waals surface area contributed by atoms with Crippen LogP contribution in [-0.2, 0) is 6.61 Å². The van der Waals surface area contributed by atoms with Crippen LogP contribution < -0.4 is 0 Å². The predicted octanol–water partition coefficient (Wildman–Crippen LogP) is 4.05. The third-order valence-electron chi connectivity index (χ3n) is 3.37. The van der Waals surface area contributed by atoms with Gasteiger partial charge in [-0.15, -0.1) is 0 Å². The molecule has 3 rings (SSSR count). The summed E-state index contributed by atoms with van der Waals surface area (Å²) in [7, 11) is 0. The molecule has 0 saturated carbocycles. The number of benzene rings is 2. The lowest BCUT2D eigenvalue weighted by Crippen LogP contribution is -1.90. The summed E-state index contributed by atoms with van der Waals surface area (Å²) in [6.45, 7) is -0.127. The van der Waals surface area contributed by atoms with Crippen LogP contribution in [0, 0.1) is 5.82 Å². The van der Waals surface area contributed by atoms with Crippen molar-refractivity contribution in [1.29, 1.82) is 0 Å². The molecule has 1 N–H and O–H groups in total. The molecule has 0 aliphatic rings. The first-order chi connectivity index (χ1) is 10.3. The summed E-state index contributed by atoms with van der Waals surface area (Å²) in [5.74, 6) is -0.263. The number of rotatable bonds is 3. The highest BCUT2D eigenvalue weighted by Crippen LogP contribution is 2.27. The van der Waals surface area contributed by atoms with Crippen molar-refractivity contribution >= 4 is 0 Å². The average Bonchev–Trinajstić information content (AvgIpc) is 2.55. The van der Waals surface area contributed by atoms with Crippen LogP contribution in [0.3, 0.4) is 0 Å². The highest BCUT2D eigenvalue weighted by atomic mass is 19.1. The van der Waals surface area contributed by atoms with E-state index in [9.17, 15) is 4.39 Å². The Labute approximate surface area is 122 Å². The summed E-state index contributed by atoms with van der Waals surface area (Å²) in [6, 6.07) is 18.2. The third-order valence-corrected chi connectivity index (χ3v) is 3.37. The molecule has 0 aliphatic heterocycles. The summed E-state index contributed by atoms with van der Waals surface area (Å²) in [4.78, 5) is 4.03. The average molecular weight is 279 g/mol. The van der Waals surface area contributed by atoms with E-state index in [0.29, 0.717) is 11.3 Å². The van der Waals surface area contributed by atoms with Crippen molar-refractivity contribution in [2.45, 2.75) is 6.61 Å². The van der Waals surface area contributed by atoms with E-state index in [1.807, 2.05) is 36.4 Å². The maximum absolute atomic E-state index is 14.3. The first-order valence-corrected chi connectivity index (χ1v) is 6.69. The molecule has 3 aromatic rings. The number of halogens is 1. The third kappa shape index (κ3) is 2.83. The molecule has 0 spiro atoms. The fourth-order valence-corrected chi connectivity index (χ4v) is 2.29. The molecule has 2 aromatic carbocycles. The molecule has 0 amide bonds. The van der Waals surface area contributed by atoms with E-state index < -0.39 is 0 Å². The zero-order valence-electron chi connectivity index (χ0n) is 11.3. The molecule has 1 aromatic heterocycles. The van der Waals surface area contributed by atoms with Gasteiger partial charge < -0.3 is 5.11 Å². The van der Waals surface area contributed by atoms with Gasteiger partial charge in [0.05, 0.1) is 12.3 Å². The monoisotopic (exact) mass is 279 g/mol. The van der Waals surface area contributed by atoms with Crippen molar-refractivity contribution in [3.63, 3.8) is 0 Å². The van der Waals surface area contributed by atoms with Gasteiger partial charge in [0.2, 0.25) is 0 Å². The van der Waals surface area contributed by atoms with Crippen LogP contribution in [0.15, 0.2) is 66.9 Å². The van der Waals surface area contributed by atoms with Gasteiger partial charge in [-0.05, 0) is 34.9 Å². The van der Waals surface area contributed by atoms with Crippen molar-refractivity contribution in [3.05, 3.63) is 78.4 Å². The minimum atomic E-state index is -0.263. The zero-order chi connectivity index (χ0) is 14.7. The van der Waals surface area contributed by atoms with Crippen molar-refractivity contribution < 1.29 is 9.50 Å². The number of pyridine rings is 1. The molecule has 0 bridgehead atoms. The second kappa shape index (κ2) is 5.85. The summed E-state index contributed by atoms with van der Waals surface area (Å²) in [6.07, 6.45) is 1.61.